The summed E-state index contributed by atoms with van der Waals surface area (Å²) in [5.41, 5.74) is 9.09. The number of benzene rings is 4. The van der Waals surface area contributed by atoms with Gasteiger partial charge in [0.25, 0.3) is 0 Å². The normalized spacial score (nSPS) is 11.6. The Hall–Kier alpha value is -3.26. The van der Waals surface area contributed by atoms with E-state index >= 15 is 0 Å². The van der Waals surface area contributed by atoms with Gasteiger partial charge in [-0.05, 0) is 55.2 Å². The summed E-state index contributed by atoms with van der Waals surface area (Å²) >= 11 is 0. The highest BCUT2D eigenvalue weighted by Crippen LogP contribution is 2.38. The highest BCUT2D eigenvalue weighted by atomic mass is 14.8. The second-order valence-electron chi connectivity index (χ2n) is 7.75. The lowest BCUT2D eigenvalue weighted by Gasteiger charge is -2.15. The summed E-state index contributed by atoms with van der Waals surface area (Å²) in [5.74, 6) is 0. The molecule has 0 unspecified atom stereocenters. The zero-order chi connectivity index (χ0) is 19.4. The van der Waals surface area contributed by atoms with Gasteiger partial charge in [-0.15, -0.1) is 0 Å². The van der Waals surface area contributed by atoms with E-state index in [4.69, 9.17) is 9.97 Å². The van der Waals surface area contributed by atoms with Crippen LogP contribution in [-0.2, 0) is 0 Å². The fourth-order valence-corrected chi connectivity index (χ4v) is 4.33. The molecule has 0 aliphatic rings. The van der Waals surface area contributed by atoms with E-state index in [0.717, 1.165) is 22.3 Å². The Morgan fingerprint density at radius 2 is 1.46 bits per heavy atom. The maximum Gasteiger partial charge on any atom is 0.0982 e. The van der Waals surface area contributed by atoms with Gasteiger partial charge in [0.1, 0.15) is 0 Å². The molecule has 136 valence electrons. The summed E-state index contributed by atoms with van der Waals surface area (Å²) in [6.07, 6.45) is 1.91. The molecule has 0 aliphatic heterocycles. The Kier molecular flexibility index (Phi) is 3.70. The van der Waals surface area contributed by atoms with E-state index in [2.05, 4.69) is 64.1 Å². The van der Waals surface area contributed by atoms with Crippen molar-refractivity contribution in [3.8, 4) is 11.3 Å². The van der Waals surface area contributed by atoms with Crippen LogP contribution in [0.1, 0.15) is 22.3 Å². The summed E-state index contributed by atoms with van der Waals surface area (Å²) in [6.45, 7) is 8.70. The van der Waals surface area contributed by atoms with Crippen LogP contribution in [0.3, 0.4) is 0 Å². The molecule has 1 aromatic heterocycles. The van der Waals surface area contributed by atoms with Crippen LogP contribution in [0, 0.1) is 27.7 Å². The van der Waals surface area contributed by atoms with E-state index < -0.39 is 0 Å². The van der Waals surface area contributed by atoms with Crippen LogP contribution in [0.4, 0.5) is 0 Å². The van der Waals surface area contributed by atoms with Crippen molar-refractivity contribution < 1.29 is 0 Å². The fourth-order valence-electron chi connectivity index (χ4n) is 4.33. The molecule has 1 heterocycles. The highest BCUT2D eigenvalue weighted by molar-refractivity contribution is 6.25. The van der Waals surface area contributed by atoms with E-state index in [9.17, 15) is 0 Å². The van der Waals surface area contributed by atoms with Gasteiger partial charge in [-0.3, -0.25) is 4.98 Å². The smallest absolute Gasteiger partial charge is 0.0982 e. The Bertz CT molecular complexity index is 1380. The minimum atomic E-state index is 0.916. The van der Waals surface area contributed by atoms with E-state index in [1.807, 2.05) is 24.4 Å². The van der Waals surface area contributed by atoms with Crippen molar-refractivity contribution >= 4 is 32.6 Å². The molecule has 2 nitrogen and oxygen atoms in total. The van der Waals surface area contributed by atoms with Gasteiger partial charge in [0, 0.05) is 16.3 Å². The molecule has 0 spiro atoms. The minimum Gasteiger partial charge on any atom is -0.252 e. The molecule has 0 amide bonds. The van der Waals surface area contributed by atoms with Gasteiger partial charge in [0.05, 0.1) is 22.9 Å². The predicted molar refractivity (Wildman–Crippen MR) is 119 cm³/mol. The van der Waals surface area contributed by atoms with Crippen LogP contribution < -0.4 is 0 Å². The molecule has 0 fully saturated rings. The number of hydrogen-bond donors (Lipinski definition) is 0. The molecule has 4 aromatic carbocycles. The molecule has 0 aliphatic carbocycles. The van der Waals surface area contributed by atoms with E-state index in [1.54, 1.807) is 0 Å². The Morgan fingerprint density at radius 3 is 2.25 bits per heavy atom. The van der Waals surface area contributed by atoms with Crippen LogP contribution >= 0.6 is 0 Å². The Balaban J connectivity index is 2.04. The van der Waals surface area contributed by atoms with Gasteiger partial charge in [-0.2, -0.15) is 0 Å². The number of rotatable bonds is 1. The van der Waals surface area contributed by atoms with Crippen LogP contribution in [0.5, 0.6) is 0 Å². The molecule has 0 bridgehead atoms. The number of hydrogen-bond acceptors (Lipinski definition) is 2. The first kappa shape index (κ1) is 16.9. The molecule has 0 saturated heterocycles. The number of aromatic nitrogens is 2. The highest BCUT2D eigenvalue weighted by Gasteiger charge is 2.16. The van der Waals surface area contributed by atoms with Crippen LogP contribution in [0.2, 0.25) is 0 Å². The van der Waals surface area contributed by atoms with Gasteiger partial charge in [0.15, 0.2) is 0 Å². The van der Waals surface area contributed by atoms with Crippen molar-refractivity contribution in [2.45, 2.75) is 27.7 Å². The average molecular weight is 362 g/mol. The molecule has 0 N–H and O–H groups in total. The van der Waals surface area contributed by atoms with Crippen LogP contribution in [0.25, 0.3) is 43.8 Å². The summed E-state index contributed by atoms with van der Waals surface area (Å²) < 4.78 is 0. The largest absolute Gasteiger partial charge is 0.252 e. The third kappa shape index (κ3) is 2.41. The first-order valence-corrected chi connectivity index (χ1v) is 9.69. The lowest BCUT2D eigenvalue weighted by atomic mass is 9.91. The standard InChI is InChI=1S/C26H22N2/c1-15-12-17(3)23-21(13-15)20-11-10-16(2)18(4)24(20)26-25(23)27-14-22(28-26)19-8-6-5-7-9-19/h5-14H,1-4H3. The van der Waals surface area contributed by atoms with E-state index in [1.165, 1.54) is 43.8 Å². The lowest BCUT2D eigenvalue weighted by Crippen LogP contribution is -1.96. The first-order valence-electron chi connectivity index (χ1n) is 9.69. The van der Waals surface area contributed by atoms with Crippen molar-refractivity contribution in [3.05, 3.63) is 83.0 Å². The molecule has 2 heteroatoms. The average Bonchev–Trinajstić information content (AvgIpc) is 2.70. The molecular formula is C26H22N2. The summed E-state index contributed by atoms with van der Waals surface area (Å²) in [5, 5.41) is 4.96. The van der Waals surface area contributed by atoms with Gasteiger partial charge in [-0.25, -0.2) is 4.98 Å². The molecule has 0 radical (unpaired) electrons. The lowest BCUT2D eigenvalue weighted by molar-refractivity contribution is 1.30. The summed E-state index contributed by atoms with van der Waals surface area (Å²) in [6, 6.07) is 19.3. The van der Waals surface area contributed by atoms with Crippen molar-refractivity contribution in [3.63, 3.8) is 0 Å². The maximum atomic E-state index is 5.13. The van der Waals surface area contributed by atoms with Crippen LogP contribution in [0.15, 0.2) is 60.8 Å². The van der Waals surface area contributed by atoms with Gasteiger partial charge in [0.2, 0.25) is 0 Å². The van der Waals surface area contributed by atoms with E-state index in [-0.39, 0.29) is 0 Å². The maximum absolute atomic E-state index is 5.13. The fraction of sp³-hybridized carbons (Fsp3) is 0.154. The monoisotopic (exact) mass is 362 g/mol. The zero-order valence-corrected chi connectivity index (χ0v) is 16.7. The third-order valence-electron chi connectivity index (χ3n) is 5.82. The third-order valence-corrected chi connectivity index (χ3v) is 5.82. The molecule has 5 rings (SSSR count). The molecule has 5 aromatic rings. The Labute approximate surface area is 164 Å². The molecule has 28 heavy (non-hydrogen) atoms. The molecule has 0 atom stereocenters. The summed E-state index contributed by atoms with van der Waals surface area (Å²) in [7, 11) is 0. The van der Waals surface area contributed by atoms with Crippen molar-refractivity contribution in [1.29, 1.82) is 0 Å². The predicted octanol–water partition coefficient (Wildman–Crippen LogP) is 6.84. The molecule has 0 saturated carbocycles. The quantitative estimate of drug-likeness (QED) is 0.305. The Morgan fingerprint density at radius 1 is 0.679 bits per heavy atom. The topological polar surface area (TPSA) is 25.8 Å². The van der Waals surface area contributed by atoms with Gasteiger partial charge in [-0.1, -0.05) is 60.2 Å². The van der Waals surface area contributed by atoms with Crippen molar-refractivity contribution in [2.24, 2.45) is 0 Å². The van der Waals surface area contributed by atoms with Gasteiger partial charge < -0.3 is 0 Å². The van der Waals surface area contributed by atoms with E-state index in [0.29, 0.717) is 0 Å². The number of aryl methyl sites for hydroxylation is 4. The molecular weight excluding hydrogens is 340 g/mol. The number of nitrogens with zero attached hydrogens (tertiary/aromatic N) is 2. The minimum absolute atomic E-state index is 0.916. The van der Waals surface area contributed by atoms with Crippen molar-refractivity contribution in [2.75, 3.05) is 0 Å². The summed E-state index contributed by atoms with van der Waals surface area (Å²) in [4.78, 5) is 10.1. The second kappa shape index (κ2) is 6.13. The van der Waals surface area contributed by atoms with Crippen LogP contribution in [-0.4, -0.2) is 9.97 Å². The second-order valence-corrected chi connectivity index (χ2v) is 7.75. The van der Waals surface area contributed by atoms with Crippen molar-refractivity contribution in [1.82, 2.24) is 9.97 Å². The number of fused-ring (bicyclic) bond motifs is 6. The van der Waals surface area contributed by atoms with Gasteiger partial charge >= 0.3 is 0 Å². The first-order chi connectivity index (χ1) is 13.5. The SMILES string of the molecule is Cc1cc(C)c2c(c1)c1ccc(C)c(C)c1c1nc(-c3ccccc3)cnc12. The zero-order valence-electron chi connectivity index (χ0n) is 16.7.